The van der Waals surface area contributed by atoms with Gasteiger partial charge in [-0.05, 0) is 0 Å². The number of hydrogen-bond acceptors (Lipinski definition) is 1. The van der Waals surface area contributed by atoms with Gasteiger partial charge in [-0.3, -0.25) is 0 Å². The molecule has 0 rings (SSSR count). The number of ether oxygens (including phenoxy) is 1. The molecule has 0 spiro atoms. The molecule has 1 unspecified atom stereocenters. The third-order valence-electron chi connectivity index (χ3n) is 3.26. The molecule has 0 aromatic rings. The topological polar surface area (TPSA) is 9.23 Å². The summed E-state index contributed by atoms with van der Waals surface area (Å²) in [6, 6.07) is 0. The zero-order valence-corrected chi connectivity index (χ0v) is 12.5. The van der Waals surface area contributed by atoms with E-state index in [1.165, 1.54) is 0 Å². The van der Waals surface area contributed by atoms with Gasteiger partial charge in [-0.2, -0.15) is 65.9 Å². The van der Waals surface area contributed by atoms with E-state index < -0.39 is 54.2 Å². The summed E-state index contributed by atoms with van der Waals surface area (Å²) in [5.74, 6) is -24.3. The quantitative estimate of drug-likeness (QED) is 0.463. The first-order valence-corrected chi connectivity index (χ1v) is 6.01. The molecule has 0 N–H and O–H groups in total. The smallest absolute Gasteiger partial charge is 0.378 e. The van der Waals surface area contributed by atoms with E-state index in [0.717, 1.165) is 0 Å². The van der Waals surface area contributed by atoms with Crippen LogP contribution in [0.1, 0.15) is 0 Å². The maximum atomic E-state index is 13.8. The van der Waals surface area contributed by atoms with Crippen molar-refractivity contribution >= 4 is 0 Å². The third kappa shape index (κ3) is 3.24. The fourth-order valence-corrected chi connectivity index (χ4v) is 1.85. The summed E-state index contributed by atoms with van der Waals surface area (Å²) in [6.45, 7) is -3.16. The number of methoxy groups -OCH3 is 1. The van der Waals surface area contributed by atoms with Gasteiger partial charge >= 0.3 is 47.6 Å². The van der Waals surface area contributed by atoms with Gasteiger partial charge in [0.25, 0.3) is 0 Å². The van der Waals surface area contributed by atoms with Gasteiger partial charge in [0.15, 0.2) is 0 Å². The Kier molecular flexibility index (Phi) is 6.36. The van der Waals surface area contributed by atoms with Gasteiger partial charge in [0.2, 0.25) is 0 Å². The van der Waals surface area contributed by atoms with E-state index >= 15 is 0 Å². The van der Waals surface area contributed by atoms with Gasteiger partial charge < -0.3 is 4.74 Å². The predicted octanol–water partition coefficient (Wildman–Crippen LogP) is 5.64. The van der Waals surface area contributed by atoms with Crippen LogP contribution in [0.5, 0.6) is 0 Å². The third-order valence-corrected chi connectivity index (χ3v) is 3.26. The summed E-state index contributed by atoms with van der Waals surface area (Å²) in [6.07, 6.45) is -24.2. The summed E-state index contributed by atoms with van der Waals surface area (Å²) < 4.78 is 221. The minimum Gasteiger partial charge on any atom is -0.378 e. The highest BCUT2D eigenvalue weighted by molar-refractivity contribution is 5.21. The highest BCUT2D eigenvalue weighted by Gasteiger charge is 2.98. The van der Waals surface area contributed by atoms with Gasteiger partial charge in [0, 0.05) is 7.11 Å². The Hall–Kier alpha value is -1.23. The van der Waals surface area contributed by atoms with E-state index in [1.54, 1.807) is 0 Å². The molecule has 28 heavy (non-hydrogen) atoms. The van der Waals surface area contributed by atoms with Crippen LogP contribution in [0.4, 0.5) is 74.6 Å². The fourth-order valence-electron chi connectivity index (χ4n) is 1.85. The Balaban J connectivity index is 7.21. The standard InChI is InChI=1S/C10H5F17O/c1-28-2-3(11,12)4(13,8(19,20)21)6(15,16)7(17,18)5(14,9(22,23)24)10(25,26)27/h2H2,1H3. The molecule has 170 valence electrons. The van der Waals surface area contributed by atoms with Gasteiger partial charge in [-0.25, -0.2) is 8.78 Å². The molecule has 0 bridgehead atoms. The largest absolute Gasteiger partial charge is 0.438 e. The van der Waals surface area contributed by atoms with Crippen LogP contribution in [0.2, 0.25) is 0 Å². The van der Waals surface area contributed by atoms with E-state index in [2.05, 4.69) is 4.74 Å². The zero-order valence-electron chi connectivity index (χ0n) is 12.5. The van der Waals surface area contributed by atoms with Gasteiger partial charge in [-0.1, -0.05) is 0 Å². The number of rotatable bonds is 6. The Bertz CT molecular complexity index is 540. The molecule has 0 aromatic heterocycles. The second-order valence-corrected chi connectivity index (χ2v) is 5.10. The van der Waals surface area contributed by atoms with Crippen LogP contribution in [0.25, 0.3) is 0 Å². The Morgan fingerprint density at radius 3 is 0.929 bits per heavy atom. The average Bonchev–Trinajstić information content (AvgIpc) is 2.40. The first-order valence-electron chi connectivity index (χ1n) is 6.01. The minimum absolute atomic E-state index is 0.0358. The molecule has 0 heterocycles. The second kappa shape index (κ2) is 6.65. The van der Waals surface area contributed by atoms with Crippen molar-refractivity contribution in [2.24, 2.45) is 0 Å². The molecule has 0 saturated carbocycles. The van der Waals surface area contributed by atoms with E-state index in [1.807, 2.05) is 0 Å². The number of halogens is 17. The van der Waals surface area contributed by atoms with Crippen LogP contribution >= 0.6 is 0 Å². The lowest BCUT2D eigenvalue weighted by Gasteiger charge is -2.46. The van der Waals surface area contributed by atoms with E-state index in [0.29, 0.717) is 0 Å². The molecule has 1 atom stereocenters. The SMILES string of the molecule is COCC(F)(F)C(F)(C(F)(F)F)C(F)(F)C(F)(F)C(F)(C(F)(F)F)C(F)(F)F. The van der Waals surface area contributed by atoms with E-state index in [-0.39, 0.29) is 7.11 Å². The molecule has 0 aliphatic heterocycles. The van der Waals surface area contributed by atoms with Crippen molar-refractivity contribution in [3.8, 4) is 0 Å². The highest BCUT2D eigenvalue weighted by Crippen LogP contribution is 2.66. The molecule has 0 aliphatic carbocycles. The summed E-state index contributed by atoms with van der Waals surface area (Å²) >= 11 is 0. The van der Waals surface area contributed by atoms with E-state index in [4.69, 9.17) is 0 Å². The van der Waals surface area contributed by atoms with Gasteiger partial charge in [-0.15, -0.1) is 0 Å². The molecular formula is C10H5F17O. The van der Waals surface area contributed by atoms with Crippen LogP contribution < -0.4 is 0 Å². The monoisotopic (exact) mass is 464 g/mol. The number of hydrogen-bond donors (Lipinski definition) is 0. The molecule has 0 saturated heterocycles. The Morgan fingerprint density at radius 1 is 0.464 bits per heavy atom. The predicted molar refractivity (Wildman–Crippen MR) is 52.6 cm³/mol. The zero-order chi connectivity index (χ0) is 23.4. The maximum absolute atomic E-state index is 13.8. The van der Waals surface area contributed by atoms with Crippen molar-refractivity contribution in [2.45, 2.75) is 47.6 Å². The summed E-state index contributed by atoms with van der Waals surface area (Å²) in [7, 11) is -0.0358. The molecule has 0 radical (unpaired) electrons. The van der Waals surface area contributed by atoms with Gasteiger partial charge in [0.1, 0.15) is 6.61 Å². The Labute approximate surface area is 142 Å². The maximum Gasteiger partial charge on any atom is 0.438 e. The van der Waals surface area contributed by atoms with Crippen LogP contribution in [0.15, 0.2) is 0 Å². The fraction of sp³-hybridized carbons (Fsp3) is 1.00. The lowest BCUT2D eigenvalue weighted by atomic mass is 9.79. The minimum atomic E-state index is -8.77. The van der Waals surface area contributed by atoms with Crippen molar-refractivity contribution < 1.29 is 79.4 Å². The average molecular weight is 464 g/mol. The number of alkyl halides is 17. The first-order chi connectivity index (χ1) is 11.8. The molecule has 0 fully saturated rings. The van der Waals surface area contributed by atoms with Crippen molar-refractivity contribution in [2.75, 3.05) is 13.7 Å². The summed E-state index contributed by atoms with van der Waals surface area (Å²) in [5.41, 5.74) is -16.7. The van der Waals surface area contributed by atoms with Crippen molar-refractivity contribution in [3.05, 3.63) is 0 Å². The van der Waals surface area contributed by atoms with Gasteiger partial charge in [0.05, 0.1) is 0 Å². The normalized spacial score (nSPS) is 18.2. The van der Waals surface area contributed by atoms with Crippen LogP contribution in [-0.2, 0) is 4.74 Å². The van der Waals surface area contributed by atoms with Crippen LogP contribution in [0.3, 0.4) is 0 Å². The Morgan fingerprint density at radius 2 is 0.714 bits per heavy atom. The molecule has 0 aromatic carbocycles. The lowest BCUT2D eigenvalue weighted by Crippen LogP contribution is -2.79. The molecule has 18 heteroatoms. The summed E-state index contributed by atoms with van der Waals surface area (Å²) in [4.78, 5) is 0. The first kappa shape index (κ1) is 26.8. The van der Waals surface area contributed by atoms with Crippen molar-refractivity contribution in [3.63, 3.8) is 0 Å². The molecular weight excluding hydrogens is 459 g/mol. The van der Waals surface area contributed by atoms with Crippen molar-refractivity contribution in [1.82, 2.24) is 0 Å². The lowest BCUT2D eigenvalue weighted by molar-refractivity contribution is -0.467. The highest BCUT2D eigenvalue weighted by atomic mass is 19.4. The van der Waals surface area contributed by atoms with E-state index in [9.17, 15) is 74.6 Å². The van der Waals surface area contributed by atoms with Crippen LogP contribution in [0, 0.1) is 0 Å². The second-order valence-electron chi connectivity index (χ2n) is 5.10. The molecule has 0 amide bonds. The molecule has 0 aliphatic rings. The van der Waals surface area contributed by atoms with Crippen molar-refractivity contribution in [1.29, 1.82) is 0 Å². The molecule has 1 nitrogen and oxygen atoms in total. The summed E-state index contributed by atoms with van der Waals surface area (Å²) in [5, 5.41) is 0. The van der Waals surface area contributed by atoms with Crippen LogP contribution in [-0.4, -0.2) is 61.4 Å².